The lowest BCUT2D eigenvalue weighted by Crippen LogP contribution is -2.38. The monoisotopic (exact) mass is 322 g/mol. The minimum absolute atomic E-state index is 0.0819. The van der Waals surface area contributed by atoms with E-state index in [2.05, 4.69) is 5.32 Å². The summed E-state index contributed by atoms with van der Waals surface area (Å²) < 4.78 is 14.0. The number of benzene rings is 1. The molecule has 1 rings (SSSR count). The van der Waals surface area contributed by atoms with E-state index in [0.29, 0.717) is 10.1 Å². The molecule has 1 amide bonds. The van der Waals surface area contributed by atoms with Gasteiger partial charge < -0.3 is 11.1 Å². The molecule has 15 heavy (non-hydrogen) atoms. The number of hydrogen-bond acceptors (Lipinski definition) is 2. The van der Waals surface area contributed by atoms with Crippen LogP contribution in [-0.2, 0) is 0 Å². The van der Waals surface area contributed by atoms with Crippen LogP contribution in [-0.4, -0.2) is 18.5 Å². The Labute approximate surface area is 101 Å². The first-order chi connectivity index (χ1) is 7.06. The molecule has 3 nitrogen and oxygen atoms in total. The molecule has 3 N–H and O–H groups in total. The molecule has 0 radical (unpaired) electrons. The Morgan fingerprint density at radius 1 is 1.67 bits per heavy atom. The largest absolute Gasteiger partial charge is 0.348 e. The minimum atomic E-state index is -0.511. The van der Waals surface area contributed by atoms with E-state index in [1.54, 1.807) is 19.1 Å². The number of nitrogens with one attached hydrogen (secondary N) is 1. The Hall–Kier alpha value is -0.690. The highest BCUT2D eigenvalue weighted by Crippen LogP contribution is 2.15. The molecule has 0 aliphatic carbocycles. The number of hydrogen-bond donors (Lipinski definition) is 2. The SMILES string of the molecule is C[C@@H](CN)NC(=O)c1c(F)cccc1I. The fourth-order valence-corrected chi connectivity index (χ4v) is 1.78. The third kappa shape index (κ3) is 3.13. The van der Waals surface area contributed by atoms with Crippen molar-refractivity contribution in [3.8, 4) is 0 Å². The normalized spacial score (nSPS) is 12.3. The van der Waals surface area contributed by atoms with E-state index in [-0.39, 0.29) is 11.6 Å². The predicted octanol–water partition coefficient (Wildman–Crippen LogP) is 1.51. The standard InChI is InChI=1S/C10H12FIN2O/c1-6(5-13)14-10(15)9-7(11)3-2-4-8(9)12/h2-4,6H,5,13H2,1H3,(H,14,15)/t6-/m0/s1. The average Bonchev–Trinajstić information content (AvgIpc) is 2.17. The molecule has 0 unspecified atom stereocenters. The molecule has 0 bridgehead atoms. The summed E-state index contributed by atoms with van der Waals surface area (Å²) >= 11 is 1.93. The van der Waals surface area contributed by atoms with Gasteiger partial charge in [0, 0.05) is 16.2 Å². The number of nitrogens with two attached hydrogens (primary N) is 1. The lowest BCUT2D eigenvalue weighted by molar-refractivity contribution is 0.0936. The first kappa shape index (κ1) is 12.4. The number of carbonyl (C=O) groups excluding carboxylic acids is 1. The molecule has 0 saturated heterocycles. The summed E-state index contributed by atoms with van der Waals surface area (Å²) in [4.78, 5) is 11.6. The van der Waals surface area contributed by atoms with E-state index in [1.807, 2.05) is 22.6 Å². The van der Waals surface area contributed by atoms with Crippen LogP contribution in [0.2, 0.25) is 0 Å². The van der Waals surface area contributed by atoms with Crippen molar-refractivity contribution in [3.05, 3.63) is 33.1 Å². The predicted molar refractivity (Wildman–Crippen MR) is 65.1 cm³/mol. The zero-order valence-corrected chi connectivity index (χ0v) is 10.4. The van der Waals surface area contributed by atoms with E-state index >= 15 is 0 Å². The van der Waals surface area contributed by atoms with Crippen molar-refractivity contribution in [2.24, 2.45) is 5.73 Å². The first-order valence-corrected chi connectivity index (χ1v) is 5.59. The lowest BCUT2D eigenvalue weighted by atomic mass is 10.2. The van der Waals surface area contributed by atoms with Crippen LogP contribution >= 0.6 is 22.6 Å². The van der Waals surface area contributed by atoms with Gasteiger partial charge in [0.2, 0.25) is 0 Å². The van der Waals surface area contributed by atoms with E-state index < -0.39 is 11.7 Å². The van der Waals surface area contributed by atoms with Crippen LogP contribution < -0.4 is 11.1 Å². The van der Waals surface area contributed by atoms with Gasteiger partial charge in [-0.05, 0) is 41.6 Å². The van der Waals surface area contributed by atoms with Crippen molar-refractivity contribution in [2.75, 3.05) is 6.54 Å². The molecule has 0 aliphatic rings. The van der Waals surface area contributed by atoms with Crippen molar-refractivity contribution < 1.29 is 9.18 Å². The summed E-state index contributed by atoms with van der Waals surface area (Å²) in [5.74, 6) is -0.931. The maximum Gasteiger partial charge on any atom is 0.255 e. The van der Waals surface area contributed by atoms with E-state index in [9.17, 15) is 9.18 Å². The Bertz CT molecular complexity index is 350. The van der Waals surface area contributed by atoms with Crippen LogP contribution in [0.1, 0.15) is 17.3 Å². The second kappa shape index (κ2) is 5.41. The fraction of sp³-hybridized carbons (Fsp3) is 0.300. The van der Waals surface area contributed by atoms with E-state index in [1.165, 1.54) is 6.07 Å². The minimum Gasteiger partial charge on any atom is -0.348 e. The quantitative estimate of drug-likeness (QED) is 0.829. The zero-order chi connectivity index (χ0) is 11.4. The topological polar surface area (TPSA) is 55.1 Å². The van der Waals surface area contributed by atoms with Gasteiger partial charge in [-0.1, -0.05) is 6.07 Å². The van der Waals surface area contributed by atoms with Gasteiger partial charge in [-0.3, -0.25) is 4.79 Å². The molecule has 5 heteroatoms. The van der Waals surface area contributed by atoms with Crippen LogP contribution in [0.15, 0.2) is 18.2 Å². The molecule has 0 aliphatic heterocycles. The summed E-state index contributed by atoms with van der Waals surface area (Å²) in [7, 11) is 0. The summed E-state index contributed by atoms with van der Waals surface area (Å²) in [5, 5.41) is 2.62. The second-order valence-corrected chi connectivity index (χ2v) is 4.37. The van der Waals surface area contributed by atoms with Crippen LogP contribution in [0.4, 0.5) is 4.39 Å². The highest BCUT2D eigenvalue weighted by molar-refractivity contribution is 14.1. The van der Waals surface area contributed by atoms with E-state index in [4.69, 9.17) is 5.73 Å². The van der Waals surface area contributed by atoms with Crippen molar-refractivity contribution in [1.29, 1.82) is 0 Å². The summed E-state index contributed by atoms with van der Waals surface area (Å²) in [5.41, 5.74) is 5.45. The van der Waals surface area contributed by atoms with Crippen molar-refractivity contribution in [1.82, 2.24) is 5.32 Å². The molecule has 0 spiro atoms. The number of carbonyl (C=O) groups is 1. The third-order valence-corrected chi connectivity index (χ3v) is 2.82. The van der Waals surface area contributed by atoms with Crippen LogP contribution in [0.25, 0.3) is 0 Å². The molecule has 1 aromatic carbocycles. The molecule has 1 atom stereocenters. The van der Waals surface area contributed by atoms with Crippen molar-refractivity contribution in [2.45, 2.75) is 13.0 Å². The van der Waals surface area contributed by atoms with Gasteiger partial charge in [0.15, 0.2) is 0 Å². The van der Waals surface area contributed by atoms with E-state index in [0.717, 1.165) is 0 Å². The molecule has 1 aromatic rings. The molecular weight excluding hydrogens is 310 g/mol. The van der Waals surface area contributed by atoms with Gasteiger partial charge in [-0.25, -0.2) is 4.39 Å². The third-order valence-electron chi connectivity index (χ3n) is 1.92. The Kier molecular flexibility index (Phi) is 4.46. The highest BCUT2D eigenvalue weighted by Gasteiger charge is 2.16. The summed E-state index contributed by atoms with van der Waals surface area (Å²) in [6.07, 6.45) is 0. The highest BCUT2D eigenvalue weighted by atomic mass is 127. The Morgan fingerprint density at radius 3 is 2.87 bits per heavy atom. The van der Waals surface area contributed by atoms with Gasteiger partial charge in [0.05, 0.1) is 5.56 Å². The summed E-state index contributed by atoms with van der Waals surface area (Å²) in [6, 6.07) is 4.36. The van der Waals surface area contributed by atoms with Gasteiger partial charge >= 0.3 is 0 Å². The maximum atomic E-state index is 13.4. The first-order valence-electron chi connectivity index (χ1n) is 4.51. The molecular formula is C10H12FIN2O. The molecule has 0 fully saturated rings. The van der Waals surface area contributed by atoms with Gasteiger partial charge in [-0.15, -0.1) is 0 Å². The van der Waals surface area contributed by atoms with Gasteiger partial charge in [0.25, 0.3) is 5.91 Å². The molecule has 82 valence electrons. The van der Waals surface area contributed by atoms with Gasteiger partial charge in [0.1, 0.15) is 5.82 Å². The average molecular weight is 322 g/mol. The maximum absolute atomic E-state index is 13.4. The molecule has 0 heterocycles. The summed E-state index contributed by atoms with van der Waals surface area (Å²) in [6.45, 7) is 2.10. The Balaban J connectivity index is 2.91. The van der Waals surface area contributed by atoms with Crippen molar-refractivity contribution >= 4 is 28.5 Å². The molecule has 0 saturated carbocycles. The second-order valence-electron chi connectivity index (χ2n) is 3.21. The van der Waals surface area contributed by atoms with Crippen LogP contribution in [0.3, 0.4) is 0 Å². The number of halogens is 2. The van der Waals surface area contributed by atoms with Crippen LogP contribution in [0.5, 0.6) is 0 Å². The molecule has 0 aromatic heterocycles. The van der Waals surface area contributed by atoms with Crippen molar-refractivity contribution in [3.63, 3.8) is 0 Å². The van der Waals surface area contributed by atoms with Gasteiger partial charge in [-0.2, -0.15) is 0 Å². The lowest BCUT2D eigenvalue weighted by Gasteiger charge is -2.12. The fourth-order valence-electron chi connectivity index (χ4n) is 1.07. The van der Waals surface area contributed by atoms with Crippen LogP contribution in [0, 0.1) is 9.39 Å². The number of amides is 1. The number of rotatable bonds is 3. The smallest absolute Gasteiger partial charge is 0.255 e. The Morgan fingerprint density at radius 2 is 2.33 bits per heavy atom. The zero-order valence-electron chi connectivity index (χ0n) is 8.26.